The summed E-state index contributed by atoms with van der Waals surface area (Å²) in [6.07, 6.45) is 4.13. The third kappa shape index (κ3) is 7.11. The Labute approximate surface area is 209 Å². The maximum absolute atomic E-state index is 12.0. The Bertz CT molecular complexity index is 1010. The van der Waals surface area contributed by atoms with Crippen molar-refractivity contribution in [1.29, 1.82) is 0 Å². The van der Waals surface area contributed by atoms with Gasteiger partial charge in [-0.15, -0.1) is 0 Å². The topological polar surface area (TPSA) is 81.7 Å². The lowest BCUT2D eigenvalue weighted by Gasteiger charge is -2.39. The molecule has 188 valence electrons. The number of anilines is 2. The highest BCUT2D eigenvalue weighted by molar-refractivity contribution is 7.90. The first-order chi connectivity index (χ1) is 16.0. The number of hydrogen-bond acceptors (Lipinski definition) is 5. The lowest BCUT2D eigenvalue weighted by Crippen LogP contribution is -2.42. The Morgan fingerprint density at radius 1 is 0.941 bits per heavy atom. The monoisotopic (exact) mass is 507 g/mol. The molecule has 6 nitrogen and oxygen atoms in total. The van der Waals surface area contributed by atoms with Crippen LogP contribution in [0.5, 0.6) is 0 Å². The van der Waals surface area contributed by atoms with Crippen LogP contribution in [0.3, 0.4) is 0 Å². The minimum Gasteiger partial charge on any atom is -0.385 e. The van der Waals surface area contributed by atoms with Crippen molar-refractivity contribution in [3.63, 3.8) is 0 Å². The van der Waals surface area contributed by atoms with Gasteiger partial charge in [0.25, 0.3) is 0 Å². The molecule has 1 aliphatic heterocycles. The van der Waals surface area contributed by atoms with E-state index in [0.717, 1.165) is 55.8 Å². The first-order valence-corrected chi connectivity index (χ1v) is 13.9. The summed E-state index contributed by atoms with van der Waals surface area (Å²) in [7, 11) is -3.26. The van der Waals surface area contributed by atoms with Gasteiger partial charge in [-0.1, -0.05) is 30.2 Å². The number of aliphatic hydroxyl groups is 1. The molecule has 2 aromatic rings. The second kappa shape index (κ2) is 11.3. The van der Waals surface area contributed by atoms with E-state index in [2.05, 4.69) is 39.2 Å². The van der Waals surface area contributed by atoms with E-state index in [1.807, 2.05) is 24.3 Å². The van der Waals surface area contributed by atoms with Crippen LogP contribution in [-0.2, 0) is 15.6 Å². The normalized spacial score (nSPS) is 16.4. The van der Waals surface area contributed by atoms with Gasteiger partial charge in [-0.3, -0.25) is 0 Å². The zero-order chi connectivity index (χ0) is 24.8. The van der Waals surface area contributed by atoms with E-state index >= 15 is 0 Å². The molecule has 0 spiro atoms. The maximum atomic E-state index is 12.0. The number of unbranched alkanes of at least 4 members (excludes halogenated alkanes) is 2. The second-order valence-electron chi connectivity index (χ2n) is 10.1. The summed E-state index contributed by atoms with van der Waals surface area (Å²) in [5.74, 6) is 0. The minimum atomic E-state index is -3.26. The van der Waals surface area contributed by atoms with Gasteiger partial charge < -0.3 is 15.3 Å². The van der Waals surface area contributed by atoms with Gasteiger partial charge in [0.1, 0.15) is 0 Å². The molecule has 1 heterocycles. The van der Waals surface area contributed by atoms with E-state index in [1.165, 1.54) is 0 Å². The van der Waals surface area contributed by atoms with Crippen LogP contribution >= 0.6 is 11.6 Å². The van der Waals surface area contributed by atoms with E-state index in [9.17, 15) is 13.5 Å². The van der Waals surface area contributed by atoms with Crippen molar-refractivity contribution in [1.82, 2.24) is 4.72 Å². The van der Waals surface area contributed by atoms with Crippen molar-refractivity contribution < 1.29 is 13.5 Å². The van der Waals surface area contributed by atoms with Crippen molar-refractivity contribution in [3.8, 4) is 0 Å². The van der Waals surface area contributed by atoms with Gasteiger partial charge in [0, 0.05) is 42.6 Å². The average molecular weight is 508 g/mol. The first kappa shape index (κ1) is 26.8. The van der Waals surface area contributed by atoms with Crippen molar-refractivity contribution in [2.24, 2.45) is 0 Å². The number of nitrogens with one attached hydrogen (secondary N) is 2. The number of hydrogen-bond donors (Lipinski definition) is 3. The summed E-state index contributed by atoms with van der Waals surface area (Å²) in [5, 5.41) is 15.2. The molecule has 0 unspecified atom stereocenters. The van der Waals surface area contributed by atoms with Gasteiger partial charge in [0.15, 0.2) is 0 Å². The molecule has 2 aromatic carbocycles. The summed E-state index contributed by atoms with van der Waals surface area (Å²) in [4.78, 5) is 2.31. The highest BCUT2D eigenvalue weighted by Crippen LogP contribution is 2.35. The summed E-state index contributed by atoms with van der Waals surface area (Å²) < 4.78 is 26.0. The molecule has 0 aromatic heterocycles. The van der Waals surface area contributed by atoms with Crippen LogP contribution in [0.15, 0.2) is 48.5 Å². The maximum Gasteiger partial charge on any atom is 0.216 e. The van der Waals surface area contributed by atoms with E-state index in [1.54, 1.807) is 20.8 Å². The average Bonchev–Trinajstić information content (AvgIpc) is 2.79. The largest absolute Gasteiger partial charge is 0.385 e. The zero-order valence-electron chi connectivity index (χ0n) is 20.5. The van der Waals surface area contributed by atoms with Crippen LogP contribution in [0, 0.1) is 0 Å². The van der Waals surface area contributed by atoms with Crippen LogP contribution in [-0.4, -0.2) is 44.5 Å². The van der Waals surface area contributed by atoms with Crippen LogP contribution in [0.25, 0.3) is 0 Å². The molecule has 0 aliphatic carbocycles. The molecule has 1 saturated heterocycles. The third-order valence-electron chi connectivity index (χ3n) is 6.49. The molecule has 1 fully saturated rings. The Kier molecular flexibility index (Phi) is 8.90. The molecule has 0 radical (unpaired) electrons. The molecular weight excluding hydrogens is 470 g/mol. The predicted molar refractivity (Wildman–Crippen MR) is 142 cm³/mol. The molecular formula is C26H38ClN3O3S. The van der Waals surface area contributed by atoms with Crippen molar-refractivity contribution in [3.05, 3.63) is 59.1 Å². The fourth-order valence-electron chi connectivity index (χ4n) is 4.06. The second-order valence-corrected chi connectivity index (χ2v) is 13.0. The molecule has 0 saturated carbocycles. The fraction of sp³-hybridized carbons (Fsp3) is 0.538. The smallest absolute Gasteiger partial charge is 0.216 e. The Morgan fingerprint density at radius 3 is 2.12 bits per heavy atom. The van der Waals surface area contributed by atoms with Crippen LogP contribution in [0.1, 0.15) is 58.4 Å². The molecule has 0 atom stereocenters. The minimum absolute atomic E-state index is 0.483. The predicted octanol–water partition coefficient (Wildman–Crippen LogP) is 5.13. The summed E-state index contributed by atoms with van der Waals surface area (Å²) in [6.45, 7) is 8.04. The van der Waals surface area contributed by atoms with E-state index in [0.29, 0.717) is 24.4 Å². The van der Waals surface area contributed by atoms with E-state index < -0.39 is 20.4 Å². The van der Waals surface area contributed by atoms with Crippen molar-refractivity contribution in [2.45, 2.75) is 63.2 Å². The molecule has 3 N–H and O–H groups in total. The van der Waals surface area contributed by atoms with Gasteiger partial charge in [0.2, 0.25) is 10.0 Å². The Hall–Kier alpha value is -1.80. The zero-order valence-corrected chi connectivity index (χ0v) is 22.1. The van der Waals surface area contributed by atoms with Crippen LogP contribution in [0.4, 0.5) is 11.4 Å². The number of nitrogens with zero attached hydrogens (tertiary/aromatic N) is 1. The number of benzene rings is 2. The van der Waals surface area contributed by atoms with Gasteiger partial charge in [-0.2, -0.15) is 0 Å². The van der Waals surface area contributed by atoms with Gasteiger partial charge in [0.05, 0.1) is 10.3 Å². The van der Waals surface area contributed by atoms with Crippen molar-refractivity contribution >= 4 is 33.0 Å². The van der Waals surface area contributed by atoms with Crippen LogP contribution < -0.4 is 14.9 Å². The van der Waals surface area contributed by atoms with Gasteiger partial charge in [-0.05, 0) is 88.4 Å². The number of piperidine rings is 1. The molecule has 3 rings (SSSR count). The van der Waals surface area contributed by atoms with Crippen LogP contribution in [0.2, 0.25) is 5.02 Å². The van der Waals surface area contributed by atoms with E-state index in [4.69, 9.17) is 11.6 Å². The molecule has 0 amide bonds. The summed E-state index contributed by atoms with van der Waals surface area (Å²) >= 11 is 5.98. The molecule has 34 heavy (non-hydrogen) atoms. The number of sulfonamides is 1. The first-order valence-electron chi connectivity index (χ1n) is 12.1. The Morgan fingerprint density at radius 2 is 1.53 bits per heavy atom. The quantitative estimate of drug-likeness (QED) is 0.388. The number of halogens is 1. The molecule has 8 heteroatoms. The SMILES string of the molecule is CC(C)(C)S(=O)(=O)NCCCCCNc1ccc(N2CCC(O)(c3ccc(Cl)cc3)CC2)cc1. The van der Waals surface area contributed by atoms with Crippen molar-refractivity contribution in [2.75, 3.05) is 36.4 Å². The molecule has 0 bridgehead atoms. The number of rotatable bonds is 10. The van der Waals surface area contributed by atoms with Gasteiger partial charge >= 0.3 is 0 Å². The fourth-order valence-corrected chi connectivity index (χ4v) is 5.03. The summed E-state index contributed by atoms with van der Waals surface area (Å²) in [6, 6.07) is 15.9. The lowest BCUT2D eigenvalue weighted by atomic mass is 9.84. The third-order valence-corrected chi connectivity index (χ3v) is 8.93. The Balaban J connectivity index is 1.37. The van der Waals surface area contributed by atoms with E-state index in [-0.39, 0.29) is 0 Å². The summed E-state index contributed by atoms with van der Waals surface area (Å²) in [5.41, 5.74) is 2.37. The standard InChI is InChI=1S/C26H38ClN3O3S/c1-25(2,3)34(32,33)29-18-6-4-5-17-28-23-11-13-24(14-12-23)30-19-15-26(31,16-20-30)21-7-9-22(27)10-8-21/h7-14,28-29,31H,4-6,15-20H2,1-3H3. The lowest BCUT2D eigenvalue weighted by molar-refractivity contribution is 0.0118. The highest BCUT2D eigenvalue weighted by Gasteiger charge is 2.34. The molecule has 1 aliphatic rings. The highest BCUT2D eigenvalue weighted by atomic mass is 35.5. The van der Waals surface area contributed by atoms with Gasteiger partial charge in [-0.25, -0.2) is 13.1 Å².